The van der Waals surface area contributed by atoms with E-state index in [1.807, 2.05) is 0 Å². The Morgan fingerprint density at radius 2 is 1.86 bits per heavy atom. The van der Waals surface area contributed by atoms with Crippen molar-refractivity contribution in [3.63, 3.8) is 0 Å². The summed E-state index contributed by atoms with van der Waals surface area (Å²) in [4.78, 5) is 12.0. The number of nitrogens with one attached hydrogen (secondary N) is 1. The summed E-state index contributed by atoms with van der Waals surface area (Å²) in [6.45, 7) is 0.0228. The van der Waals surface area contributed by atoms with Crippen LogP contribution in [0.25, 0.3) is 11.3 Å². The lowest BCUT2D eigenvalue weighted by atomic mass is 10.1. The van der Waals surface area contributed by atoms with Crippen molar-refractivity contribution in [2.75, 3.05) is 19.5 Å². The van der Waals surface area contributed by atoms with Crippen LogP contribution in [-0.4, -0.2) is 30.1 Å². The predicted octanol–water partition coefficient (Wildman–Crippen LogP) is 3.99. The average Bonchev–Trinajstić information content (AvgIpc) is 3.07. The number of rotatable bonds is 6. The van der Waals surface area contributed by atoms with E-state index in [2.05, 4.69) is 10.4 Å². The van der Waals surface area contributed by atoms with E-state index in [9.17, 15) is 9.18 Å². The van der Waals surface area contributed by atoms with E-state index in [1.54, 1.807) is 55.2 Å². The van der Waals surface area contributed by atoms with Gasteiger partial charge in [-0.05, 0) is 42.5 Å². The number of amides is 1. The highest BCUT2D eigenvalue weighted by atomic mass is 19.1. The summed E-state index contributed by atoms with van der Waals surface area (Å²) in [6.07, 6.45) is -0.590. The number of benzene rings is 2. The third kappa shape index (κ3) is 4.40. The quantitative estimate of drug-likeness (QED) is 0.694. The lowest BCUT2D eigenvalue weighted by molar-refractivity contribution is 0.152. The molecule has 3 rings (SSSR count). The van der Waals surface area contributed by atoms with E-state index in [0.29, 0.717) is 34.1 Å². The number of hydrogen-bond acceptors (Lipinski definition) is 5. The highest BCUT2D eigenvalue weighted by Crippen LogP contribution is 2.30. The summed E-state index contributed by atoms with van der Waals surface area (Å²) >= 11 is 0. The van der Waals surface area contributed by atoms with Gasteiger partial charge in [-0.1, -0.05) is 0 Å². The normalized spacial score (nSPS) is 10.4. The molecular weight excluding hydrogens is 365 g/mol. The smallest absolute Gasteiger partial charge is 0.412 e. The zero-order chi connectivity index (χ0) is 20.1. The maximum atomic E-state index is 13.4. The Hall–Kier alpha value is -3.55. The van der Waals surface area contributed by atoms with Crippen molar-refractivity contribution in [2.24, 2.45) is 7.05 Å². The van der Waals surface area contributed by atoms with Gasteiger partial charge in [-0.2, -0.15) is 5.10 Å². The van der Waals surface area contributed by atoms with E-state index >= 15 is 0 Å². The minimum absolute atomic E-state index is 0.0228. The Bertz CT molecular complexity index is 970. The lowest BCUT2D eigenvalue weighted by Crippen LogP contribution is -2.14. The molecule has 146 valence electrons. The molecule has 1 N–H and O–H groups in total. The molecule has 0 saturated carbocycles. The maximum Gasteiger partial charge on any atom is 0.412 e. The largest absolute Gasteiger partial charge is 0.497 e. The van der Waals surface area contributed by atoms with Gasteiger partial charge in [0.2, 0.25) is 0 Å². The summed E-state index contributed by atoms with van der Waals surface area (Å²) in [5.41, 5.74) is 2.50. The molecule has 0 atom stereocenters. The number of nitrogens with zero attached hydrogens (tertiary/aromatic N) is 2. The van der Waals surface area contributed by atoms with Crippen molar-refractivity contribution in [1.82, 2.24) is 9.78 Å². The fourth-order valence-corrected chi connectivity index (χ4v) is 2.62. The molecule has 0 radical (unpaired) electrons. The van der Waals surface area contributed by atoms with Crippen molar-refractivity contribution in [3.8, 4) is 22.8 Å². The first-order valence-electron chi connectivity index (χ1n) is 8.45. The molecule has 0 unspecified atom stereocenters. The summed E-state index contributed by atoms with van der Waals surface area (Å²) < 4.78 is 30.5. The Labute approximate surface area is 161 Å². The van der Waals surface area contributed by atoms with E-state index in [1.165, 1.54) is 19.2 Å². The lowest BCUT2D eigenvalue weighted by Gasteiger charge is -2.07. The first kappa shape index (κ1) is 19.2. The Morgan fingerprint density at radius 3 is 2.54 bits per heavy atom. The Kier molecular flexibility index (Phi) is 5.78. The van der Waals surface area contributed by atoms with Crippen LogP contribution in [0.4, 0.5) is 14.9 Å². The molecule has 0 bridgehead atoms. The van der Waals surface area contributed by atoms with Crippen molar-refractivity contribution in [3.05, 3.63) is 60.0 Å². The van der Waals surface area contributed by atoms with Gasteiger partial charge >= 0.3 is 6.09 Å². The predicted molar refractivity (Wildman–Crippen MR) is 102 cm³/mol. The zero-order valence-electron chi connectivity index (χ0n) is 15.7. The van der Waals surface area contributed by atoms with Crippen molar-refractivity contribution in [1.29, 1.82) is 0 Å². The van der Waals surface area contributed by atoms with Gasteiger partial charge in [0.15, 0.2) is 0 Å². The highest BCUT2D eigenvalue weighted by molar-refractivity contribution is 5.84. The van der Waals surface area contributed by atoms with Crippen molar-refractivity contribution >= 4 is 11.8 Å². The molecule has 0 aliphatic heterocycles. The molecule has 7 nitrogen and oxygen atoms in total. The molecule has 0 aliphatic carbocycles. The van der Waals surface area contributed by atoms with Gasteiger partial charge in [-0.15, -0.1) is 0 Å². The second-order valence-corrected chi connectivity index (χ2v) is 5.92. The van der Waals surface area contributed by atoms with Gasteiger partial charge in [0.1, 0.15) is 23.9 Å². The Balaban J connectivity index is 1.66. The van der Waals surface area contributed by atoms with Crippen LogP contribution in [0.15, 0.2) is 48.5 Å². The molecular formula is C20H20FN3O4. The average molecular weight is 385 g/mol. The van der Waals surface area contributed by atoms with Crippen LogP contribution in [0, 0.1) is 5.82 Å². The maximum absolute atomic E-state index is 13.4. The number of ether oxygens (including phenoxy) is 3. The van der Waals surface area contributed by atoms with Gasteiger partial charge in [0.05, 0.1) is 25.6 Å². The van der Waals surface area contributed by atoms with E-state index < -0.39 is 11.9 Å². The van der Waals surface area contributed by atoms with E-state index in [0.717, 1.165) is 0 Å². The van der Waals surface area contributed by atoms with E-state index in [4.69, 9.17) is 14.2 Å². The molecule has 1 aromatic heterocycles. The molecule has 0 fully saturated rings. The summed E-state index contributed by atoms with van der Waals surface area (Å²) in [7, 11) is 4.77. The first-order valence-corrected chi connectivity index (χ1v) is 8.45. The fourth-order valence-electron chi connectivity index (χ4n) is 2.62. The molecule has 28 heavy (non-hydrogen) atoms. The minimum Gasteiger partial charge on any atom is -0.497 e. The van der Waals surface area contributed by atoms with Crippen LogP contribution >= 0.6 is 0 Å². The monoisotopic (exact) mass is 385 g/mol. The number of anilines is 1. The standard InChI is InChI=1S/C20H20FN3O4/c1-24-15(11-18(23-24)17-9-4-13(21)10-19(17)27-3)12-28-20(25)22-14-5-7-16(26-2)8-6-14/h4-11H,12H2,1-3H3,(H,22,25). The second-order valence-electron chi connectivity index (χ2n) is 5.92. The summed E-state index contributed by atoms with van der Waals surface area (Å²) in [5, 5.41) is 7.03. The topological polar surface area (TPSA) is 74.6 Å². The molecule has 2 aromatic carbocycles. The molecule has 3 aromatic rings. The molecule has 1 amide bonds. The van der Waals surface area contributed by atoms with Gasteiger partial charge < -0.3 is 14.2 Å². The number of methoxy groups -OCH3 is 2. The van der Waals surface area contributed by atoms with Crippen molar-refractivity contribution in [2.45, 2.75) is 6.61 Å². The van der Waals surface area contributed by atoms with Crippen molar-refractivity contribution < 1.29 is 23.4 Å². The summed E-state index contributed by atoms with van der Waals surface area (Å²) in [5.74, 6) is 0.677. The van der Waals surface area contributed by atoms with Crippen LogP contribution in [0.3, 0.4) is 0 Å². The molecule has 1 heterocycles. The molecule has 0 spiro atoms. The van der Waals surface area contributed by atoms with Gasteiger partial charge in [-0.25, -0.2) is 9.18 Å². The van der Waals surface area contributed by atoms with Gasteiger partial charge in [0, 0.05) is 24.4 Å². The Morgan fingerprint density at radius 1 is 1.11 bits per heavy atom. The number of carbonyl (C=O) groups is 1. The summed E-state index contributed by atoms with van der Waals surface area (Å²) in [6, 6.07) is 12.9. The third-order valence-corrected chi connectivity index (χ3v) is 4.10. The number of carbonyl (C=O) groups excluding carboxylic acids is 1. The minimum atomic E-state index is -0.590. The second kappa shape index (κ2) is 8.43. The SMILES string of the molecule is COc1ccc(NC(=O)OCc2cc(-c3ccc(F)cc3OC)nn2C)cc1. The van der Waals surface area contributed by atoms with Crippen LogP contribution in [0.2, 0.25) is 0 Å². The van der Waals surface area contributed by atoms with Gasteiger partial charge in [-0.3, -0.25) is 10.00 Å². The van der Waals surface area contributed by atoms with Crippen LogP contribution in [0.5, 0.6) is 11.5 Å². The fraction of sp³-hybridized carbons (Fsp3) is 0.200. The number of hydrogen-bond donors (Lipinski definition) is 1. The van der Waals surface area contributed by atoms with Crippen LogP contribution in [0.1, 0.15) is 5.69 Å². The first-order chi connectivity index (χ1) is 13.5. The van der Waals surface area contributed by atoms with Gasteiger partial charge in [0.25, 0.3) is 0 Å². The third-order valence-electron chi connectivity index (χ3n) is 4.10. The number of aryl methyl sites for hydroxylation is 1. The highest BCUT2D eigenvalue weighted by Gasteiger charge is 2.14. The molecule has 0 aliphatic rings. The van der Waals surface area contributed by atoms with Crippen LogP contribution < -0.4 is 14.8 Å². The number of aromatic nitrogens is 2. The number of halogens is 1. The zero-order valence-corrected chi connectivity index (χ0v) is 15.7. The van der Waals surface area contributed by atoms with E-state index in [-0.39, 0.29) is 6.61 Å². The molecule has 8 heteroatoms. The van der Waals surface area contributed by atoms with Crippen LogP contribution in [-0.2, 0) is 18.4 Å². The molecule has 0 saturated heterocycles.